The minimum atomic E-state index is -1.20. The first-order valence-electron chi connectivity index (χ1n) is 8.82. The number of carbonyl (C=O) groups excluding carboxylic acids is 1. The molecule has 3 aromatic carbocycles. The van der Waals surface area contributed by atoms with Crippen LogP contribution >= 0.6 is 22.6 Å². The fraction of sp³-hybridized carbons (Fsp3) is 0.0435. The zero-order valence-corrected chi connectivity index (χ0v) is 17.5. The number of hydrogen-bond acceptors (Lipinski definition) is 3. The maximum atomic E-state index is 12.2. The molecule has 0 heterocycles. The zero-order valence-electron chi connectivity index (χ0n) is 15.3. The van der Waals surface area contributed by atoms with E-state index in [9.17, 15) is 14.7 Å². The molecule has 2 N–H and O–H groups in total. The molecule has 29 heavy (non-hydrogen) atoms. The maximum absolute atomic E-state index is 12.2. The second kappa shape index (κ2) is 9.88. The van der Waals surface area contributed by atoms with E-state index in [1.54, 1.807) is 24.3 Å². The van der Waals surface area contributed by atoms with Crippen LogP contribution in [0.5, 0.6) is 11.5 Å². The van der Waals surface area contributed by atoms with E-state index in [4.69, 9.17) is 4.74 Å². The number of hydrogen-bond donors (Lipinski definition) is 2. The summed E-state index contributed by atoms with van der Waals surface area (Å²) in [6.07, 6.45) is 1.52. The largest absolute Gasteiger partial charge is 0.477 e. The number of rotatable bonds is 7. The van der Waals surface area contributed by atoms with Crippen molar-refractivity contribution in [3.8, 4) is 11.5 Å². The summed E-state index contributed by atoms with van der Waals surface area (Å²) in [7, 11) is 0. The fourth-order valence-electron chi connectivity index (χ4n) is 2.58. The monoisotopic (exact) mass is 499 g/mol. The minimum Gasteiger partial charge on any atom is -0.477 e. The summed E-state index contributed by atoms with van der Waals surface area (Å²) < 4.78 is 6.82. The van der Waals surface area contributed by atoms with Crippen molar-refractivity contribution in [1.29, 1.82) is 0 Å². The number of amides is 1. The summed E-state index contributed by atoms with van der Waals surface area (Å²) in [4.78, 5) is 23.7. The Balaban J connectivity index is 1.69. The second-order valence-corrected chi connectivity index (χ2v) is 7.34. The number of para-hydroxylation sites is 1. The highest BCUT2D eigenvalue weighted by molar-refractivity contribution is 14.1. The quantitative estimate of drug-likeness (QED) is 0.360. The van der Waals surface area contributed by atoms with Gasteiger partial charge in [0, 0.05) is 0 Å². The number of benzene rings is 3. The third-order valence-electron chi connectivity index (χ3n) is 3.97. The van der Waals surface area contributed by atoms with Crippen molar-refractivity contribution in [1.82, 2.24) is 5.32 Å². The number of carbonyl (C=O) groups is 2. The summed E-state index contributed by atoms with van der Waals surface area (Å²) in [6.45, 7) is 0. The van der Waals surface area contributed by atoms with Gasteiger partial charge in [-0.1, -0.05) is 54.6 Å². The molecule has 146 valence electrons. The van der Waals surface area contributed by atoms with Crippen molar-refractivity contribution in [3.05, 3.63) is 99.3 Å². The molecule has 0 saturated heterocycles. The Morgan fingerprint density at radius 2 is 1.59 bits per heavy atom. The topological polar surface area (TPSA) is 75.6 Å². The van der Waals surface area contributed by atoms with Gasteiger partial charge in [-0.2, -0.15) is 0 Å². The summed E-state index contributed by atoms with van der Waals surface area (Å²) in [5.41, 5.74) is 1.27. The zero-order chi connectivity index (χ0) is 20.6. The van der Waals surface area contributed by atoms with Crippen LogP contribution in [0.2, 0.25) is 0 Å². The Morgan fingerprint density at radius 3 is 2.24 bits per heavy atom. The molecule has 3 rings (SSSR count). The Morgan fingerprint density at radius 1 is 0.931 bits per heavy atom. The normalized spacial score (nSPS) is 11.0. The molecule has 0 spiro atoms. The molecule has 6 heteroatoms. The van der Waals surface area contributed by atoms with E-state index in [-0.39, 0.29) is 18.0 Å². The van der Waals surface area contributed by atoms with Gasteiger partial charge in [0.1, 0.15) is 17.2 Å². The van der Waals surface area contributed by atoms with E-state index < -0.39 is 5.97 Å². The second-order valence-electron chi connectivity index (χ2n) is 6.18. The molecule has 0 aromatic heterocycles. The molecule has 0 saturated carbocycles. The van der Waals surface area contributed by atoms with Gasteiger partial charge in [0.25, 0.3) is 0 Å². The molecule has 0 bridgehead atoms. The Hall–Kier alpha value is -3.13. The molecular formula is C23H18INO4. The molecular weight excluding hydrogens is 481 g/mol. The highest BCUT2D eigenvalue weighted by atomic mass is 127. The summed E-state index contributed by atoms with van der Waals surface area (Å²) in [5.74, 6) is -0.207. The van der Waals surface area contributed by atoms with Crippen molar-refractivity contribution in [2.75, 3.05) is 0 Å². The molecule has 0 aliphatic carbocycles. The Labute approximate surface area is 182 Å². The molecule has 5 nitrogen and oxygen atoms in total. The number of carboxylic acids is 1. The first kappa shape index (κ1) is 20.6. The van der Waals surface area contributed by atoms with E-state index in [2.05, 4.69) is 27.9 Å². The van der Waals surface area contributed by atoms with Crippen molar-refractivity contribution in [3.63, 3.8) is 0 Å². The highest BCUT2D eigenvalue weighted by Gasteiger charge is 2.12. The predicted octanol–water partition coefficient (Wildman–Crippen LogP) is 4.87. The summed E-state index contributed by atoms with van der Waals surface area (Å²) in [6, 6.07) is 23.8. The van der Waals surface area contributed by atoms with E-state index in [0.717, 1.165) is 14.9 Å². The lowest BCUT2D eigenvalue weighted by Crippen LogP contribution is -2.28. The van der Waals surface area contributed by atoms with Crippen LogP contribution in [-0.2, 0) is 16.0 Å². The van der Waals surface area contributed by atoms with E-state index in [1.807, 2.05) is 54.6 Å². The number of halogens is 1. The van der Waals surface area contributed by atoms with Gasteiger partial charge >= 0.3 is 5.97 Å². The van der Waals surface area contributed by atoms with E-state index in [1.165, 1.54) is 6.08 Å². The van der Waals surface area contributed by atoms with Gasteiger partial charge in [-0.05, 0) is 64.1 Å². The standard InChI is InChI=1S/C23H18INO4/c24-19-8-4-5-9-21(19)29-18-12-10-17(11-13-18)14-20(23(27)28)25-22(26)15-16-6-2-1-3-7-16/h1-14H,15H2,(H,25,26)(H,27,28)/b20-14-. The highest BCUT2D eigenvalue weighted by Crippen LogP contribution is 2.26. The summed E-state index contributed by atoms with van der Waals surface area (Å²) in [5, 5.41) is 11.9. The number of aliphatic carboxylic acids is 1. The molecule has 0 radical (unpaired) electrons. The molecule has 0 aliphatic rings. The molecule has 0 aliphatic heterocycles. The van der Waals surface area contributed by atoms with Gasteiger partial charge < -0.3 is 15.2 Å². The van der Waals surface area contributed by atoms with Gasteiger partial charge in [-0.15, -0.1) is 0 Å². The van der Waals surface area contributed by atoms with E-state index >= 15 is 0 Å². The van der Waals surface area contributed by atoms with Crippen LogP contribution in [0, 0.1) is 3.57 Å². The van der Waals surface area contributed by atoms with Crippen LogP contribution in [0.1, 0.15) is 11.1 Å². The van der Waals surface area contributed by atoms with Gasteiger partial charge in [0.15, 0.2) is 0 Å². The third-order valence-corrected chi connectivity index (χ3v) is 4.86. The van der Waals surface area contributed by atoms with Gasteiger partial charge in [0.2, 0.25) is 5.91 Å². The number of ether oxygens (including phenoxy) is 1. The lowest BCUT2D eigenvalue weighted by atomic mass is 10.1. The maximum Gasteiger partial charge on any atom is 0.352 e. The van der Waals surface area contributed by atoms with Crippen LogP contribution in [0.4, 0.5) is 0 Å². The smallest absolute Gasteiger partial charge is 0.352 e. The lowest BCUT2D eigenvalue weighted by molar-refractivity contribution is -0.134. The van der Waals surface area contributed by atoms with E-state index in [0.29, 0.717) is 11.3 Å². The average Bonchev–Trinajstić information content (AvgIpc) is 2.71. The fourth-order valence-corrected chi connectivity index (χ4v) is 3.08. The van der Waals surface area contributed by atoms with Crippen LogP contribution in [0.15, 0.2) is 84.6 Å². The van der Waals surface area contributed by atoms with Crippen LogP contribution in [-0.4, -0.2) is 17.0 Å². The molecule has 0 fully saturated rings. The number of carboxylic acid groups (broad SMARTS) is 1. The predicted molar refractivity (Wildman–Crippen MR) is 120 cm³/mol. The minimum absolute atomic E-state index is 0.105. The molecule has 1 amide bonds. The summed E-state index contributed by atoms with van der Waals surface area (Å²) >= 11 is 2.20. The van der Waals surface area contributed by atoms with Gasteiger partial charge in [-0.3, -0.25) is 4.79 Å². The Kier molecular flexibility index (Phi) is 7.02. The first-order valence-corrected chi connectivity index (χ1v) is 9.90. The molecule has 0 unspecified atom stereocenters. The first-order chi connectivity index (χ1) is 14.0. The van der Waals surface area contributed by atoms with Gasteiger partial charge in [-0.25, -0.2) is 4.79 Å². The average molecular weight is 499 g/mol. The third kappa shape index (κ3) is 6.18. The molecule has 0 atom stereocenters. The van der Waals surface area contributed by atoms with Crippen molar-refractivity contribution in [2.45, 2.75) is 6.42 Å². The van der Waals surface area contributed by atoms with Gasteiger partial charge in [0.05, 0.1) is 9.99 Å². The van der Waals surface area contributed by atoms with Crippen molar-refractivity contribution >= 4 is 40.5 Å². The SMILES string of the molecule is O=C(Cc1ccccc1)N/C(=C\c1ccc(Oc2ccccc2I)cc1)C(=O)O. The van der Waals surface area contributed by atoms with Crippen LogP contribution in [0.25, 0.3) is 6.08 Å². The number of nitrogens with one attached hydrogen (secondary N) is 1. The van der Waals surface area contributed by atoms with Crippen molar-refractivity contribution in [2.24, 2.45) is 0 Å². The lowest BCUT2D eigenvalue weighted by Gasteiger charge is -2.09. The Bertz CT molecular complexity index is 1030. The molecule has 3 aromatic rings. The van der Waals surface area contributed by atoms with Crippen LogP contribution < -0.4 is 10.1 Å². The van der Waals surface area contributed by atoms with Crippen molar-refractivity contribution < 1.29 is 19.4 Å². The van der Waals surface area contributed by atoms with Crippen LogP contribution in [0.3, 0.4) is 0 Å².